The lowest BCUT2D eigenvalue weighted by Gasteiger charge is -2.17. The highest BCUT2D eigenvalue weighted by Gasteiger charge is 2.26. The van der Waals surface area contributed by atoms with Gasteiger partial charge in [0.15, 0.2) is 0 Å². The standard InChI is InChI=1S/C45H74N6O15S/c1-3-4-9-40-50-42-37-11-10-36(33-38(37)49-44(46)43(42)51-40)8-6-5-7-14-47-45(54)39(34-67(55,56)57)48-41(53)13-16-59-18-20-61-22-24-63-26-28-65-30-32-66-31-29-64-27-25-62-23-21-60-19-17-58-15-12-35(2)52/h10-11,33,39H,3-9,12-32,34H2,1-2H3,(H2,46,49)(H,47,54)(H,48,53)(H,50,51)(H,55,56,57)/t39-/m0/s1. The summed E-state index contributed by atoms with van der Waals surface area (Å²) in [5, 5.41) is 5.99. The first-order valence-electron chi connectivity index (χ1n) is 23.2. The minimum atomic E-state index is -4.56. The Kier molecular flexibility index (Phi) is 30.2. The number of fused-ring (bicyclic) bond motifs is 3. The van der Waals surface area contributed by atoms with Crippen molar-refractivity contribution in [1.29, 1.82) is 0 Å². The summed E-state index contributed by atoms with van der Waals surface area (Å²) in [7, 11) is -4.56. The number of Topliss-reactive ketones (excluding diaryl/α,β-unsaturated/α-hetero) is 1. The Morgan fingerprint density at radius 3 is 1.69 bits per heavy atom. The van der Waals surface area contributed by atoms with Gasteiger partial charge in [-0.1, -0.05) is 31.9 Å². The first-order valence-corrected chi connectivity index (χ1v) is 24.9. The van der Waals surface area contributed by atoms with Crippen molar-refractivity contribution < 1.29 is 70.0 Å². The number of aryl methyl sites for hydroxylation is 2. The van der Waals surface area contributed by atoms with Gasteiger partial charge in [0, 0.05) is 31.2 Å². The summed E-state index contributed by atoms with van der Waals surface area (Å²) in [5.74, 6) is -0.833. The number of carbonyl (C=O) groups is 3. The number of anilines is 1. The molecular weight excluding hydrogens is 897 g/mol. The number of carbonyl (C=O) groups excluding carboxylic acids is 3. The fraction of sp³-hybridized carbons (Fsp3) is 0.711. The number of nitrogens with zero attached hydrogens (tertiary/aromatic N) is 2. The molecular formula is C45H74N6O15S. The normalized spacial score (nSPS) is 12.3. The van der Waals surface area contributed by atoms with Crippen molar-refractivity contribution in [1.82, 2.24) is 25.6 Å². The van der Waals surface area contributed by atoms with Crippen molar-refractivity contribution in [2.45, 2.75) is 77.7 Å². The van der Waals surface area contributed by atoms with Gasteiger partial charge in [0.05, 0.1) is 124 Å². The Morgan fingerprint density at radius 1 is 0.687 bits per heavy atom. The molecule has 2 heterocycles. The van der Waals surface area contributed by atoms with Crippen LogP contribution in [-0.4, -0.2) is 183 Å². The third-order valence-electron chi connectivity index (χ3n) is 9.85. The van der Waals surface area contributed by atoms with E-state index >= 15 is 0 Å². The first kappa shape index (κ1) is 57.4. The van der Waals surface area contributed by atoms with Gasteiger partial charge in [-0.15, -0.1) is 0 Å². The fourth-order valence-electron chi connectivity index (χ4n) is 6.34. The third-order valence-corrected chi connectivity index (χ3v) is 10.6. The number of H-pyrrole nitrogens is 1. The summed E-state index contributed by atoms with van der Waals surface area (Å²) in [6, 6.07) is 4.64. The summed E-state index contributed by atoms with van der Waals surface area (Å²) < 4.78 is 81.5. The van der Waals surface area contributed by atoms with Crippen LogP contribution in [0, 0.1) is 0 Å². The van der Waals surface area contributed by atoms with Crippen LogP contribution >= 0.6 is 0 Å². The molecule has 3 aromatic rings. The van der Waals surface area contributed by atoms with Crippen molar-refractivity contribution >= 4 is 55.5 Å². The maximum Gasteiger partial charge on any atom is 0.267 e. The lowest BCUT2D eigenvalue weighted by Crippen LogP contribution is -2.50. The molecule has 22 heteroatoms. The monoisotopic (exact) mass is 970 g/mol. The van der Waals surface area contributed by atoms with E-state index in [1.54, 1.807) is 0 Å². The Morgan fingerprint density at radius 2 is 1.19 bits per heavy atom. The van der Waals surface area contributed by atoms with Gasteiger partial charge in [0.25, 0.3) is 10.1 Å². The molecule has 1 atom stereocenters. The summed E-state index contributed by atoms with van der Waals surface area (Å²) in [5.41, 5.74) is 9.72. The number of amides is 2. The predicted molar refractivity (Wildman–Crippen MR) is 251 cm³/mol. The molecule has 0 aliphatic heterocycles. The molecule has 0 saturated heterocycles. The van der Waals surface area contributed by atoms with E-state index in [-0.39, 0.29) is 38.6 Å². The number of nitrogens with two attached hydrogens (primary N) is 1. The summed E-state index contributed by atoms with van der Waals surface area (Å²) in [6.07, 6.45) is 6.27. The number of nitrogens with one attached hydrogen (secondary N) is 3. The summed E-state index contributed by atoms with van der Waals surface area (Å²) in [6.45, 7) is 10.9. The second-order valence-electron chi connectivity index (χ2n) is 15.5. The van der Waals surface area contributed by atoms with E-state index in [2.05, 4.69) is 33.6 Å². The highest BCUT2D eigenvalue weighted by Crippen LogP contribution is 2.27. The molecule has 2 amide bonds. The Balaban J connectivity index is 1.11. The smallest absolute Gasteiger partial charge is 0.267 e. The number of hydrogen-bond acceptors (Lipinski definition) is 17. The summed E-state index contributed by atoms with van der Waals surface area (Å²) >= 11 is 0. The average Bonchev–Trinajstić information content (AvgIpc) is 3.73. The zero-order chi connectivity index (χ0) is 48.4. The molecule has 2 aromatic heterocycles. The molecule has 380 valence electrons. The van der Waals surface area contributed by atoms with Gasteiger partial charge >= 0.3 is 0 Å². The van der Waals surface area contributed by atoms with E-state index in [0.29, 0.717) is 118 Å². The zero-order valence-corrected chi connectivity index (χ0v) is 40.2. The Labute approximate surface area is 394 Å². The predicted octanol–water partition coefficient (Wildman–Crippen LogP) is 2.76. The topological polar surface area (TPSA) is 280 Å². The number of aromatic nitrogens is 3. The van der Waals surface area contributed by atoms with E-state index in [0.717, 1.165) is 71.8 Å². The molecule has 0 spiro atoms. The number of rotatable bonds is 43. The van der Waals surface area contributed by atoms with Crippen LogP contribution in [0.5, 0.6) is 0 Å². The number of benzene rings is 1. The molecule has 67 heavy (non-hydrogen) atoms. The van der Waals surface area contributed by atoms with Gasteiger partial charge in [-0.3, -0.25) is 18.9 Å². The second kappa shape index (κ2) is 35.2. The molecule has 0 radical (unpaired) electrons. The van der Waals surface area contributed by atoms with Gasteiger partial charge < -0.3 is 64.0 Å². The number of hydrogen-bond donors (Lipinski definition) is 5. The summed E-state index contributed by atoms with van der Waals surface area (Å²) in [4.78, 5) is 48.8. The number of aromatic amines is 1. The highest BCUT2D eigenvalue weighted by molar-refractivity contribution is 7.85. The second-order valence-corrected chi connectivity index (χ2v) is 17.0. The van der Waals surface area contributed by atoms with Crippen LogP contribution in [0.2, 0.25) is 0 Å². The molecule has 21 nitrogen and oxygen atoms in total. The minimum absolute atomic E-state index is 0.0171. The highest BCUT2D eigenvalue weighted by atomic mass is 32.2. The van der Waals surface area contributed by atoms with Crippen LogP contribution < -0.4 is 16.4 Å². The number of imidazole rings is 1. The zero-order valence-electron chi connectivity index (χ0n) is 39.4. The molecule has 0 saturated carbocycles. The maximum atomic E-state index is 12.8. The van der Waals surface area contributed by atoms with Crippen LogP contribution in [0.4, 0.5) is 5.82 Å². The van der Waals surface area contributed by atoms with Gasteiger partial charge in [-0.05, 0) is 44.2 Å². The van der Waals surface area contributed by atoms with Crippen molar-refractivity contribution in [2.75, 3.05) is 137 Å². The lowest BCUT2D eigenvalue weighted by atomic mass is 10.0. The maximum absolute atomic E-state index is 12.8. The van der Waals surface area contributed by atoms with E-state index in [4.69, 9.17) is 53.3 Å². The average molecular weight is 971 g/mol. The molecule has 1 aromatic carbocycles. The lowest BCUT2D eigenvalue weighted by molar-refractivity contribution is -0.129. The van der Waals surface area contributed by atoms with Crippen LogP contribution in [0.15, 0.2) is 18.2 Å². The van der Waals surface area contributed by atoms with E-state index in [1.807, 2.05) is 12.1 Å². The molecule has 0 fully saturated rings. The van der Waals surface area contributed by atoms with E-state index in [1.165, 1.54) is 6.92 Å². The molecule has 3 rings (SSSR count). The molecule has 0 bridgehead atoms. The van der Waals surface area contributed by atoms with Crippen LogP contribution in [0.1, 0.15) is 70.2 Å². The van der Waals surface area contributed by atoms with E-state index < -0.39 is 33.7 Å². The number of nitrogen functional groups attached to an aromatic ring is 1. The Bertz CT molecular complexity index is 1950. The SMILES string of the molecule is CCCCc1nc2c([nH]1)c(N)nc1cc(CCCCCNC(=O)[C@H](CS(=O)(=O)O)NC(=O)CCOCCOCCOCCOCCOCCOCCOCCOCCOCCC(C)=O)ccc12. The van der Waals surface area contributed by atoms with Gasteiger partial charge in [0.1, 0.15) is 40.3 Å². The number of ether oxygens (including phenoxy) is 9. The van der Waals surface area contributed by atoms with Gasteiger partial charge in [-0.2, -0.15) is 8.42 Å². The molecule has 6 N–H and O–H groups in total. The largest absolute Gasteiger partial charge is 0.382 e. The number of pyridine rings is 1. The van der Waals surface area contributed by atoms with E-state index in [9.17, 15) is 27.4 Å². The number of unbranched alkanes of at least 4 members (excludes halogenated alkanes) is 3. The fourth-order valence-corrected chi connectivity index (χ4v) is 7.00. The Hall–Kier alpha value is -3.94. The van der Waals surface area contributed by atoms with Crippen molar-refractivity contribution in [3.05, 3.63) is 29.6 Å². The quantitative estimate of drug-likeness (QED) is 0.0403. The van der Waals surface area contributed by atoms with Crippen molar-refractivity contribution in [3.63, 3.8) is 0 Å². The molecule has 0 aliphatic rings. The van der Waals surface area contributed by atoms with Gasteiger partial charge in [0.2, 0.25) is 11.8 Å². The van der Waals surface area contributed by atoms with Crippen molar-refractivity contribution in [2.24, 2.45) is 0 Å². The first-order chi connectivity index (χ1) is 32.5. The third kappa shape index (κ3) is 27.0. The number of ketones is 1. The minimum Gasteiger partial charge on any atom is -0.382 e. The van der Waals surface area contributed by atoms with Crippen LogP contribution in [-0.2, 0) is 80.0 Å². The molecule has 0 unspecified atom stereocenters. The van der Waals surface area contributed by atoms with Gasteiger partial charge in [-0.25, -0.2) is 9.97 Å². The van der Waals surface area contributed by atoms with Crippen LogP contribution in [0.3, 0.4) is 0 Å². The van der Waals surface area contributed by atoms with Crippen molar-refractivity contribution in [3.8, 4) is 0 Å². The molecule has 0 aliphatic carbocycles. The van der Waals surface area contributed by atoms with Crippen LogP contribution in [0.25, 0.3) is 21.9 Å².